The molecule has 0 aromatic carbocycles. The fourth-order valence-corrected chi connectivity index (χ4v) is 1.42. The monoisotopic (exact) mass is 144 g/mol. The van der Waals surface area contributed by atoms with E-state index in [0.29, 0.717) is 6.10 Å². The van der Waals surface area contributed by atoms with Gasteiger partial charge in [-0.05, 0) is 25.7 Å². The Bertz CT molecular complexity index is 83.3. The van der Waals surface area contributed by atoms with E-state index in [1.54, 1.807) is 0 Å². The van der Waals surface area contributed by atoms with E-state index >= 15 is 0 Å². The molecule has 0 saturated carbocycles. The zero-order valence-electron chi connectivity index (χ0n) is 6.55. The fourth-order valence-electron chi connectivity index (χ4n) is 1.42. The van der Waals surface area contributed by atoms with Gasteiger partial charge in [-0.15, -0.1) is 0 Å². The van der Waals surface area contributed by atoms with E-state index in [9.17, 15) is 0 Å². The van der Waals surface area contributed by atoms with Crippen LogP contribution in [0.4, 0.5) is 0 Å². The second-order valence-corrected chi connectivity index (χ2v) is 2.90. The lowest BCUT2D eigenvalue weighted by atomic mass is 10.0. The predicted octanol–water partition coefficient (Wildman–Crippen LogP) is 1.33. The molecule has 1 heterocycles. The van der Waals surface area contributed by atoms with Crippen LogP contribution in [0.3, 0.4) is 0 Å². The average Bonchev–Trinajstić information content (AvgIpc) is 2.05. The van der Waals surface area contributed by atoms with Crippen molar-refractivity contribution < 1.29 is 9.84 Å². The number of aliphatic hydroxyl groups excluding tert-OH is 1. The second kappa shape index (κ2) is 3.94. The number of rotatable bonds is 2. The maximum Gasteiger partial charge on any atom is 0.0809 e. The Kier molecular flexibility index (Phi) is 3.16. The first kappa shape index (κ1) is 8.02. The SMILES string of the molecule is CC[C@H]1CCC[C@H](CO)O1. The normalized spacial score (nSPS) is 34.2. The van der Waals surface area contributed by atoms with Crippen LogP contribution in [-0.4, -0.2) is 23.9 Å². The molecule has 0 spiro atoms. The van der Waals surface area contributed by atoms with Gasteiger partial charge in [0.15, 0.2) is 0 Å². The van der Waals surface area contributed by atoms with E-state index in [2.05, 4.69) is 6.92 Å². The highest BCUT2D eigenvalue weighted by atomic mass is 16.5. The van der Waals surface area contributed by atoms with Gasteiger partial charge in [0.1, 0.15) is 0 Å². The largest absolute Gasteiger partial charge is 0.394 e. The molecule has 0 aliphatic carbocycles. The zero-order valence-corrected chi connectivity index (χ0v) is 6.55. The third-order valence-electron chi connectivity index (χ3n) is 2.10. The third kappa shape index (κ3) is 1.96. The molecule has 2 nitrogen and oxygen atoms in total. The summed E-state index contributed by atoms with van der Waals surface area (Å²) < 4.78 is 5.53. The van der Waals surface area contributed by atoms with Crippen molar-refractivity contribution in [1.29, 1.82) is 0 Å². The van der Waals surface area contributed by atoms with Gasteiger partial charge in [0, 0.05) is 0 Å². The quantitative estimate of drug-likeness (QED) is 0.633. The smallest absolute Gasteiger partial charge is 0.0809 e. The van der Waals surface area contributed by atoms with Crippen molar-refractivity contribution >= 4 is 0 Å². The van der Waals surface area contributed by atoms with Crippen molar-refractivity contribution in [3.05, 3.63) is 0 Å². The molecular weight excluding hydrogens is 128 g/mol. The summed E-state index contributed by atoms with van der Waals surface area (Å²) in [7, 11) is 0. The van der Waals surface area contributed by atoms with Gasteiger partial charge < -0.3 is 9.84 Å². The van der Waals surface area contributed by atoms with Crippen LogP contribution in [0.2, 0.25) is 0 Å². The zero-order chi connectivity index (χ0) is 7.40. The van der Waals surface area contributed by atoms with Crippen LogP contribution in [0.25, 0.3) is 0 Å². The van der Waals surface area contributed by atoms with Crippen LogP contribution in [0.15, 0.2) is 0 Å². The van der Waals surface area contributed by atoms with E-state index in [4.69, 9.17) is 9.84 Å². The molecule has 1 aliphatic heterocycles. The van der Waals surface area contributed by atoms with E-state index < -0.39 is 0 Å². The Morgan fingerprint density at radius 3 is 2.70 bits per heavy atom. The maximum atomic E-state index is 8.78. The summed E-state index contributed by atoms with van der Waals surface area (Å²) in [5.74, 6) is 0. The summed E-state index contributed by atoms with van der Waals surface area (Å²) in [6, 6.07) is 0. The molecule has 1 rings (SSSR count). The van der Waals surface area contributed by atoms with E-state index in [1.807, 2.05) is 0 Å². The van der Waals surface area contributed by atoms with Crippen LogP contribution in [0.1, 0.15) is 32.6 Å². The first-order valence-electron chi connectivity index (χ1n) is 4.13. The fraction of sp³-hybridized carbons (Fsp3) is 1.00. The first-order chi connectivity index (χ1) is 4.86. The summed E-state index contributed by atoms with van der Waals surface area (Å²) >= 11 is 0. The standard InChI is InChI=1S/C8H16O2/c1-2-7-4-3-5-8(6-9)10-7/h7-9H,2-6H2,1H3/t7-,8+/m0/s1. The summed E-state index contributed by atoms with van der Waals surface area (Å²) in [5, 5.41) is 8.78. The van der Waals surface area contributed by atoms with Gasteiger partial charge >= 0.3 is 0 Å². The van der Waals surface area contributed by atoms with Crippen LogP contribution >= 0.6 is 0 Å². The average molecular weight is 144 g/mol. The molecule has 10 heavy (non-hydrogen) atoms. The Morgan fingerprint density at radius 2 is 2.10 bits per heavy atom. The van der Waals surface area contributed by atoms with Gasteiger partial charge in [0.2, 0.25) is 0 Å². The molecule has 0 radical (unpaired) electrons. The van der Waals surface area contributed by atoms with Crippen molar-refractivity contribution in [1.82, 2.24) is 0 Å². The van der Waals surface area contributed by atoms with Crippen molar-refractivity contribution in [2.45, 2.75) is 44.8 Å². The molecule has 0 unspecified atom stereocenters. The van der Waals surface area contributed by atoms with E-state index in [1.165, 1.54) is 12.8 Å². The Hall–Kier alpha value is -0.0800. The van der Waals surface area contributed by atoms with Crippen molar-refractivity contribution in [3.8, 4) is 0 Å². The second-order valence-electron chi connectivity index (χ2n) is 2.90. The minimum absolute atomic E-state index is 0.124. The van der Waals surface area contributed by atoms with Gasteiger partial charge in [-0.2, -0.15) is 0 Å². The van der Waals surface area contributed by atoms with Crippen molar-refractivity contribution in [3.63, 3.8) is 0 Å². The summed E-state index contributed by atoms with van der Waals surface area (Å²) in [6.07, 6.45) is 5.03. The summed E-state index contributed by atoms with van der Waals surface area (Å²) in [4.78, 5) is 0. The number of ether oxygens (including phenoxy) is 1. The molecule has 1 saturated heterocycles. The molecule has 1 fully saturated rings. The van der Waals surface area contributed by atoms with Gasteiger partial charge in [0.05, 0.1) is 18.8 Å². The van der Waals surface area contributed by atoms with Crippen molar-refractivity contribution in [2.24, 2.45) is 0 Å². The van der Waals surface area contributed by atoms with Gasteiger partial charge in [-0.25, -0.2) is 0 Å². The van der Waals surface area contributed by atoms with Gasteiger partial charge in [-0.3, -0.25) is 0 Å². The Balaban J connectivity index is 2.25. The number of hydrogen-bond donors (Lipinski definition) is 1. The van der Waals surface area contributed by atoms with E-state index in [-0.39, 0.29) is 12.7 Å². The van der Waals surface area contributed by atoms with Crippen LogP contribution in [-0.2, 0) is 4.74 Å². The lowest BCUT2D eigenvalue weighted by Gasteiger charge is -2.27. The van der Waals surface area contributed by atoms with Gasteiger partial charge in [-0.1, -0.05) is 6.92 Å². The topological polar surface area (TPSA) is 29.5 Å². The number of aliphatic hydroxyl groups is 1. The molecule has 1 aliphatic rings. The highest BCUT2D eigenvalue weighted by Crippen LogP contribution is 2.20. The van der Waals surface area contributed by atoms with Crippen LogP contribution in [0.5, 0.6) is 0 Å². The van der Waals surface area contributed by atoms with E-state index in [0.717, 1.165) is 12.8 Å². The molecule has 1 N–H and O–H groups in total. The lowest BCUT2D eigenvalue weighted by Crippen LogP contribution is -2.29. The molecule has 0 aromatic rings. The summed E-state index contributed by atoms with van der Waals surface area (Å²) in [6.45, 7) is 2.32. The minimum Gasteiger partial charge on any atom is -0.394 e. The third-order valence-corrected chi connectivity index (χ3v) is 2.10. The first-order valence-corrected chi connectivity index (χ1v) is 4.13. The van der Waals surface area contributed by atoms with Crippen LogP contribution in [0, 0.1) is 0 Å². The van der Waals surface area contributed by atoms with Crippen molar-refractivity contribution in [2.75, 3.05) is 6.61 Å². The predicted molar refractivity (Wildman–Crippen MR) is 39.9 cm³/mol. The molecule has 2 heteroatoms. The Labute approximate surface area is 62.2 Å². The number of hydrogen-bond acceptors (Lipinski definition) is 2. The molecule has 60 valence electrons. The van der Waals surface area contributed by atoms with Crippen LogP contribution < -0.4 is 0 Å². The molecular formula is C8H16O2. The highest BCUT2D eigenvalue weighted by molar-refractivity contribution is 4.68. The molecule has 0 amide bonds. The molecule has 2 atom stereocenters. The highest BCUT2D eigenvalue weighted by Gasteiger charge is 2.19. The maximum absolute atomic E-state index is 8.78. The van der Waals surface area contributed by atoms with Gasteiger partial charge in [0.25, 0.3) is 0 Å². The molecule has 0 aromatic heterocycles. The lowest BCUT2D eigenvalue weighted by molar-refractivity contribution is -0.0725. The molecule has 0 bridgehead atoms. The minimum atomic E-state index is 0.124. The Morgan fingerprint density at radius 1 is 1.40 bits per heavy atom. The summed E-state index contributed by atoms with van der Waals surface area (Å²) in [5.41, 5.74) is 0.